The molecule has 1 amide bonds. The summed E-state index contributed by atoms with van der Waals surface area (Å²) >= 11 is 0. The first-order valence-corrected chi connectivity index (χ1v) is 6.02. The van der Waals surface area contributed by atoms with Crippen LogP contribution < -0.4 is 10.6 Å². The van der Waals surface area contributed by atoms with Crippen LogP contribution in [0.5, 0.6) is 0 Å². The van der Waals surface area contributed by atoms with Crippen LogP contribution in [0, 0.1) is 6.92 Å². The highest BCUT2D eigenvalue weighted by Gasteiger charge is 2.12. The maximum Gasteiger partial charge on any atom is 0.211 e. The molecule has 4 heteroatoms. The minimum absolute atomic E-state index is 0.742. The molecule has 0 unspecified atom stereocenters. The summed E-state index contributed by atoms with van der Waals surface area (Å²) in [7, 11) is 0. The summed E-state index contributed by atoms with van der Waals surface area (Å²) in [5.41, 5.74) is 3.34. The lowest BCUT2D eigenvalue weighted by Gasteiger charge is -2.28. The van der Waals surface area contributed by atoms with Gasteiger partial charge in [0.1, 0.15) is 0 Å². The van der Waals surface area contributed by atoms with E-state index in [4.69, 9.17) is 0 Å². The molecule has 4 nitrogen and oxygen atoms in total. The minimum Gasteiger partial charge on any atom is -0.328 e. The van der Waals surface area contributed by atoms with Crippen LogP contribution in [0.2, 0.25) is 0 Å². The maximum absolute atomic E-state index is 10.6. The van der Waals surface area contributed by atoms with E-state index in [-0.39, 0.29) is 0 Å². The fraction of sp³-hybridized carbons (Fsp3) is 0.462. The van der Waals surface area contributed by atoms with Gasteiger partial charge in [0.25, 0.3) is 0 Å². The number of anilines is 1. The van der Waals surface area contributed by atoms with E-state index in [1.807, 2.05) is 12.1 Å². The smallest absolute Gasteiger partial charge is 0.211 e. The second kappa shape index (κ2) is 5.80. The molecule has 0 aliphatic carbocycles. The molecule has 0 bridgehead atoms. The molecule has 1 saturated heterocycles. The molecule has 2 N–H and O–H groups in total. The van der Waals surface area contributed by atoms with Crippen molar-refractivity contribution in [3.8, 4) is 0 Å². The lowest BCUT2D eigenvalue weighted by Crippen LogP contribution is -2.43. The van der Waals surface area contributed by atoms with Gasteiger partial charge in [0, 0.05) is 38.4 Å². The number of amides is 1. The molecule has 1 aromatic rings. The van der Waals surface area contributed by atoms with E-state index in [0.717, 1.165) is 44.8 Å². The van der Waals surface area contributed by atoms with Gasteiger partial charge in [-0.25, -0.2) is 0 Å². The van der Waals surface area contributed by atoms with Gasteiger partial charge in [0.05, 0.1) is 0 Å². The van der Waals surface area contributed by atoms with Gasteiger partial charge in [-0.1, -0.05) is 17.7 Å². The number of hydrogen-bond acceptors (Lipinski definition) is 3. The molecule has 1 aliphatic rings. The average molecular weight is 233 g/mol. The first-order valence-electron chi connectivity index (χ1n) is 6.02. The SMILES string of the molecule is Cc1ccc(NC=O)c(CN2CCNCC2)c1. The number of aryl methyl sites for hydroxylation is 1. The quantitative estimate of drug-likeness (QED) is 0.762. The number of benzene rings is 1. The Bertz CT molecular complexity index is 386. The molecule has 0 saturated carbocycles. The first-order chi connectivity index (χ1) is 8.29. The second-order valence-corrected chi connectivity index (χ2v) is 4.45. The number of nitrogens with zero attached hydrogens (tertiary/aromatic N) is 1. The number of piperazine rings is 1. The van der Waals surface area contributed by atoms with E-state index in [9.17, 15) is 4.79 Å². The molecule has 1 fully saturated rings. The summed E-state index contributed by atoms with van der Waals surface area (Å²) in [6, 6.07) is 6.14. The van der Waals surface area contributed by atoms with Crippen molar-refractivity contribution in [2.45, 2.75) is 13.5 Å². The molecule has 92 valence electrons. The first kappa shape index (κ1) is 12.1. The summed E-state index contributed by atoms with van der Waals surface area (Å²) in [6.45, 7) is 7.19. The van der Waals surface area contributed by atoms with Crippen LogP contribution >= 0.6 is 0 Å². The number of rotatable bonds is 4. The molecule has 0 aromatic heterocycles. The van der Waals surface area contributed by atoms with Gasteiger partial charge in [-0.05, 0) is 18.6 Å². The average Bonchev–Trinajstić information content (AvgIpc) is 2.34. The second-order valence-electron chi connectivity index (χ2n) is 4.45. The summed E-state index contributed by atoms with van der Waals surface area (Å²) in [6.07, 6.45) is 0.742. The Morgan fingerprint density at radius 3 is 2.88 bits per heavy atom. The molecule has 1 aromatic carbocycles. The van der Waals surface area contributed by atoms with Crippen LogP contribution in [0.25, 0.3) is 0 Å². The largest absolute Gasteiger partial charge is 0.328 e. The number of carbonyl (C=O) groups excluding carboxylic acids is 1. The third-order valence-corrected chi connectivity index (χ3v) is 3.08. The summed E-state index contributed by atoms with van der Waals surface area (Å²) in [4.78, 5) is 13.0. The normalized spacial score (nSPS) is 16.8. The fourth-order valence-electron chi connectivity index (χ4n) is 2.17. The maximum atomic E-state index is 10.6. The third kappa shape index (κ3) is 3.28. The molecule has 2 rings (SSSR count). The van der Waals surface area contributed by atoms with Crippen LogP contribution in [0.15, 0.2) is 18.2 Å². The molecular weight excluding hydrogens is 214 g/mol. The molecule has 1 aliphatic heterocycles. The molecule has 1 heterocycles. The Morgan fingerprint density at radius 1 is 1.41 bits per heavy atom. The van der Waals surface area contributed by atoms with Crippen molar-refractivity contribution in [1.29, 1.82) is 0 Å². The van der Waals surface area contributed by atoms with Crippen LogP contribution in [0.3, 0.4) is 0 Å². The highest BCUT2D eigenvalue weighted by molar-refractivity contribution is 5.73. The summed E-state index contributed by atoms with van der Waals surface area (Å²) in [5.74, 6) is 0. The Kier molecular flexibility index (Phi) is 4.12. The van der Waals surface area contributed by atoms with Gasteiger partial charge < -0.3 is 10.6 Å². The third-order valence-electron chi connectivity index (χ3n) is 3.08. The Balaban J connectivity index is 2.11. The topological polar surface area (TPSA) is 44.4 Å². The zero-order valence-corrected chi connectivity index (χ0v) is 10.2. The molecule has 0 radical (unpaired) electrons. The van der Waals surface area contributed by atoms with E-state index in [1.165, 1.54) is 11.1 Å². The van der Waals surface area contributed by atoms with Crippen molar-refractivity contribution in [2.24, 2.45) is 0 Å². The van der Waals surface area contributed by atoms with E-state index < -0.39 is 0 Å². The minimum atomic E-state index is 0.742. The van der Waals surface area contributed by atoms with Crippen molar-refractivity contribution >= 4 is 12.1 Å². The zero-order chi connectivity index (χ0) is 12.1. The van der Waals surface area contributed by atoms with Crippen LogP contribution in [0.4, 0.5) is 5.69 Å². The number of nitrogens with one attached hydrogen (secondary N) is 2. The van der Waals surface area contributed by atoms with Gasteiger partial charge in [-0.15, -0.1) is 0 Å². The van der Waals surface area contributed by atoms with Gasteiger partial charge >= 0.3 is 0 Å². The van der Waals surface area contributed by atoms with E-state index in [1.54, 1.807) is 0 Å². The Labute approximate surface area is 102 Å². The Morgan fingerprint density at radius 2 is 2.18 bits per heavy atom. The Hall–Kier alpha value is -1.39. The lowest BCUT2D eigenvalue weighted by molar-refractivity contribution is -0.105. The van der Waals surface area contributed by atoms with Crippen LogP contribution in [-0.4, -0.2) is 37.5 Å². The molecule has 0 spiro atoms. The van der Waals surface area contributed by atoms with E-state index in [2.05, 4.69) is 28.5 Å². The van der Waals surface area contributed by atoms with E-state index in [0.29, 0.717) is 0 Å². The van der Waals surface area contributed by atoms with E-state index >= 15 is 0 Å². The lowest BCUT2D eigenvalue weighted by atomic mass is 10.1. The standard InChI is InChI=1S/C13H19N3O/c1-11-2-3-13(15-10-17)12(8-11)9-16-6-4-14-5-7-16/h2-3,8,10,14H,4-7,9H2,1H3,(H,15,17). The summed E-state index contributed by atoms with van der Waals surface area (Å²) < 4.78 is 0. The highest BCUT2D eigenvalue weighted by Crippen LogP contribution is 2.19. The predicted molar refractivity (Wildman–Crippen MR) is 69.0 cm³/mol. The molecule has 17 heavy (non-hydrogen) atoms. The number of hydrogen-bond donors (Lipinski definition) is 2. The van der Waals surface area contributed by atoms with Crippen molar-refractivity contribution in [1.82, 2.24) is 10.2 Å². The van der Waals surface area contributed by atoms with Crippen molar-refractivity contribution in [3.05, 3.63) is 29.3 Å². The predicted octanol–water partition coefficient (Wildman–Crippen LogP) is 0.969. The van der Waals surface area contributed by atoms with Gasteiger partial charge in [-0.3, -0.25) is 9.69 Å². The van der Waals surface area contributed by atoms with Crippen molar-refractivity contribution in [2.75, 3.05) is 31.5 Å². The molecular formula is C13H19N3O. The zero-order valence-electron chi connectivity index (χ0n) is 10.2. The van der Waals surface area contributed by atoms with Gasteiger partial charge in [0.2, 0.25) is 6.41 Å². The van der Waals surface area contributed by atoms with Crippen molar-refractivity contribution in [3.63, 3.8) is 0 Å². The van der Waals surface area contributed by atoms with Crippen LogP contribution in [-0.2, 0) is 11.3 Å². The van der Waals surface area contributed by atoms with Crippen molar-refractivity contribution < 1.29 is 4.79 Å². The highest BCUT2D eigenvalue weighted by atomic mass is 16.1. The van der Waals surface area contributed by atoms with Gasteiger partial charge in [0.15, 0.2) is 0 Å². The molecule has 0 atom stereocenters. The monoisotopic (exact) mass is 233 g/mol. The summed E-state index contributed by atoms with van der Waals surface area (Å²) in [5, 5.41) is 6.11. The van der Waals surface area contributed by atoms with Crippen LogP contribution in [0.1, 0.15) is 11.1 Å². The fourth-order valence-corrected chi connectivity index (χ4v) is 2.17. The number of carbonyl (C=O) groups is 1. The van der Waals surface area contributed by atoms with Gasteiger partial charge in [-0.2, -0.15) is 0 Å².